The number of aliphatic hydroxyl groups excluding tert-OH is 1. The summed E-state index contributed by atoms with van der Waals surface area (Å²) in [6.45, 7) is 7.95. The van der Waals surface area contributed by atoms with Gasteiger partial charge in [0.2, 0.25) is 0 Å². The lowest BCUT2D eigenvalue weighted by molar-refractivity contribution is 0.0778. The number of nitrogens with zero attached hydrogens (tertiary/aromatic N) is 2. The highest BCUT2D eigenvalue weighted by molar-refractivity contribution is 5.94. The summed E-state index contributed by atoms with van der Waals surface area (Å²) in [7, 11) is 3.76. The number of likely N-dealkylation sites (tertiary alicyclic amines) is 1. The van der Waals surface area contributed by atoms with E-state index in [0.717, 1.165) is 24.2 Å². The molecule has 1 fully saturated rings. The Morgan fingerprint density at radius 2 is 2.00 bits per heavy atom. The molecular weight excluding hydrogens is 304 g/mol. The molecule has 0 aromatic heterocycles. The average molecular weight is 334 g/mol. The van der Waals surface area contributed by atoms with E-state index >= 15 is 0 Å². The number of hydrogen-bond acceptors (Lipinski definition) is 4. The first kappa shape index (κ1) is 18.9. The van der Waals surface area contributed by atoms with Crippen molar-refractivity contribution in [3.05, 3.63) is 34.9 Å². The molecule has 1 amide bonds. The van der Waals surface area contributed by atoms with Crippen molar-refractivity contribution in [1.82, 2.24) is 9.80 Å². The Balaban J connectivity index is 2.01. The van der Waals surface area contributed by atoms with E-state index in [-0.39, 0.29) is 18.4 Å². The van der Waals surface area contributed by atoms with E-state index in [1.165, 1.54) is 5.56 Å². The Kier molecular flexibility index (Phi) is 6.78. The summed E-state index contributed by atoms with van der Waals surface area (Å²) < 4.78 is 5.11. The van der Waals surface area contributed by atoms with Crippen LogP contribution < -0.4 is 0 Å². The van der Waals surface area contributed by atoms with Crippen LogP contribution in [0.15, 0.2) is 18.2 Å². The molecule has 2 unspecified atom stereocenters. The summed E-state index contributed by atoms with van der Waals surface area (Å²) >= 11 is 0. The van der Waals surface area contributed by atoms with Gasteiger partial charge < -0.3 is 19.6 Å². The standard InChI is InChI=1S/C19H30N2O3/c1-14-5-6-16(9-15(14)2)19(23)21-11-17(18(12-21)13-22)10-20(3)7-8-24-4/h5-6,9,17-18,22H,7-8,10-13H2,1-4H3. The predicted octanol–water partition coefficient (Wildman–Crippen LogP) is 1.56. The maximum atomic E-state index is 12.8. The highest BCUT2D eigenvalue weighted by atomic mass is 16.5. The minimum Gasteiger partial charge on any atom is -0.396 e. The van der Waals surface area contributed by atoms with Crippen molar-refractivity contribution in [2.24, 2.45) is 11.8 Å². The Labute approximate surface area is 145 Å². The molecule has 0 spiro atoms. The van der Waals surface area contributed by atoms with Gasteiger partial charge in [0.25, 0.3) is 5.91 Å². The van der Waals surface area contributed by atoms with Crippen LogP contribution in [0, 0.1) is 25.7 Å². The van der Waals surface area contributed by atoms with Gasteiger partial charge in [0.1, 0.15) is 0 Å². The van der Waals surface area contributed by atoms with Gasteiger partial charge in [-0.15, -0.1) is 0 Å². The Hall–Kier alpha value is -1.43. The van der Waals surface area contributed by atoms with E-state index in [9.17, 15) is 9.90 Å². The zero-order valence-corrected chi connectivity index (χ0v) is 15.3. The molecule has 5 heteroatoms. The van der Waals surface area contributed by atoms with E-state index in [2.05, 4.69) is 11.9 Å². The van der Waals surface area contributed by atoms with Crippen LogP contribution in [0.4, 0.5) is 0 Å². The topological polar surface area (TPSA) is 53.0 Å². The normalized spacial score (nSPS) is 20.8. The molecule has 0 aliphatic carbocycles. The second-order valence-corrected chi connectivity index (χ2v) is 6.97. The molecule has 0 bridgehead atoms. The van der Waals surface area contributed by atoms with E-state index in [0.29, 0.717) is 25.6 Å². The number of aryl methyl sites for hydroxylation is 2. The van der Waals surface area contributed by atoms with Crippen molar-refractivity contribution < 1.29 is 14.6 Å². The second kappa shape index (κ2) is 8.60. The fourth-order valence-corrected chi connectivity index (χ4v) is 3.31. The predicted molar refractivity (Wildman–Crippen MR) is 95.3 cm³/mol. The van der Waals surface area contributed by atoms with Crippen molar-refractivity contribution in [2.75, 3.05) is 53.6 Å². The van der Waals surface area contributed by atoms with Gasteiger partial charge in [-0.25, -0.2) is 0 Å². The summed E-state index contributed by atoms with van der Waals surface area (Å²) in [4.78, 5) is 16.9. The van der Waals surface area contributed by atoms with Crippen molar-refractivity contribution in [3.8, 4) is 0 Å². The van der Waals surface area contributed by atoms with E-state index in [4.69, 9.17) is 4.74 Å². The van der Waals surface area contributed by atoms with Gasteiger partial charge in [-0.1, -0.05) is 6.07 Å². The van der Waals surface area contributed by atoms with Crippen molar-refractivity contribution in [2.45, 2.75) is 13.8 Å². The van der Waals surface area contributed by atoms with Gasteiger partial charge >= 0.3 is 0 Å². The zero-order chi connectivity index (χ0) is 17.7. The van der Waals surface area contributed by atoms with E-state index in [1.54, 1.807) is 7.11 Å². The number of benzene rings is 1. The number of rotatable bonds is 7. The Morgan fingerprint density at radius 1 is 1.29 bits per heavy atom. The quantitative estimate of drug-likeness (QED) is 0.822. The molecule has 1 saturated heterocycles. The lowest BCUT2D eigenvalue weighted by atomic mass is 9.96. The van der Waals surface area contributed by atoms with Crippen LogP contribution in [0.25, 0.3) is 0 Å². The third-order valence-electron chi connectivity index (χ3n) is 5.08. The molecule has 0 radical (unpaired) electrons. The fraction of sp³-hybridized carbons (Fsp3) is 0.632. The van der Waals surface area contributed by atoms with Crippen LogP contribution in [0.1, 0.15) is 21.5 Å². The second-order valence-electron chi connectivity index (χ2n) is 6.97. The first-order chi connectivity index (χ1) is 11.5. The minimum absolute atomic E-state index is 0.0681. The first-order valence-corrected chi connectivity index (χ1v) is 8.61. The van der Waals surface area contributed by atoms with Crippen molar-refractivity contribution in [1.29, 1.82) is 0 Å². The van der Waals surface area contributed by atoms with Crippen molar-refractivity contribution >= 4 is 5.91 Å². The molecule has 5 nitrogen and oxygen atoms in total. The first-order valence-electron chi connectivity index (χ1n) is 8.61. The Bertz CT molecular complexity index is 562. The molecule has 1 aromatic carbocycles. The lowest BCUT2D eigenvalue weighted by Gasteiger charge is -2.23. The number of hydrogen-bond donors (Lipinski definition) is 1. The highest BCUT2D eigenvalue weighted by Gasteiger charge is 2.35. The van der Waals surface area contributed by atoms with Crippen LogP contribution in [0.2, 0.25) is 0 Å². The molecule has 1 aliphatic rings. The zero-order valence-electron chi connectivity index (χ0n) is 15.3. The number of amides is 1. The van der Waals surface area contributed by atoms with Crippen LogP contribution in [-0.2, 0) is 4.74 Å². The van der Waals surface area contributed by atoms with Gasteiger partial charge in [-0.3, -0.25) is 4.79 Å². The molecule has 1 heterocycles. The summed E-state index contributed by atoms with van der Waals surface area (Å²) in [5.74, 6) is 0.511. The van der Waals surface area contributed by atoms with Gasteiger partial charge in [0.15, 0.2) is 0 Å². The fourth-order valence-electron chi connectivity index (χ4n) is 3.31. The molecule has 1 N–H and O–H groups in total. The maximum Gasteiger partial charge on any atom is 0.253 e. The van der Waals surface area contributed by atoms with Crippen LogP contribution in [-0.4, -0.2) is 74.4 Å². The lowest BCUT2D eigenvalue weighted by Crippen LogP contribution is -2.33. The molecule has 2 atom stereocenters. The molecular formula is C19H30N2O3. The number of methoxy groups -OCH3 is 1. The van der Waals surface area contributed by atoms with Crippen molar-refractivity contribution in [3.63, 3.8) is 0 Å². The minimum atomic E-state index is 0.0681. The van der Waals surface area contributed by atoms with Gasteiger partial charge in [-0.05, 0) is 50.1 Å². The van der Waals surface area contributed by atoms with Gasteiger partial charge in [-0.2, -0.15) is 0 Å². The molecule has 0 saturated carbocycles. The summed E-state index contributed by atoms with van der Waals surface area (Å²) in [6, 6.07) is 5.86. The number of aliphatic hydroxyl groups is 1. The van der Waals surface area contributed by atoms with Crippen LogP contribution in [0.5, 0.6) is 0 Å². The van der Waals surface area contributed by atoms with Crippen LogP contribution in [0.3, 0.4) is 0 Å². The molecule has 134 valence electrons. The molecule has 24 heavy (non-hydrogen) atoms. The third-order valence-corrected chi connectivity index (χ3v) is 5.08. The van der Waals surface area contributed by atoms with Crippen LogP contribution >= 0.6 is 0 Å². The van der Waals surface area contributed by atoms with E-state index < -0.39 is 0 Å². The van der Waals surface area contributed by atoms with E-state index in [1.807, 2.05) is 36.9 Å². The summed E-state index contributed by atoms with van der Waals surface area (Å²) in [5, 5.41) is 9.69. The average Bonchev–Trinajstić information content (AvgIpc) is 2.97. The molecule has 1 aromatic rings. The largest absolute Gasteiger partial charge is 0.396 e. The summed E-state index contributed by atoms with van der Waals surface area (Å²) in [5.41, 5.74) is 3.07. The monoisotopic (exact) mass is 334 g/mol. The maximum absolute atomic E-state index is 12.8. The number of ether oxygens (including phenoxy) is 1. The summed E-state index contributed by atoms with van der Waals surface area (Å²) in [6.07, 6.45) is 0. The molecule has 1 aliphatic heterocycles. The number of carbonyl (C=O) groups is 1. The van der Waals surface area contributed by atoms with Gasteiger partial charge in [0.05, 0.1) is 6.61 Å². The number of likely N-dealkylation sites (N-methyl/N-ethyl adjacent to an activating group) is 1. The number of carbonyl (C=O) groups excluding carboxylic acids is 1. The highest BCUT2D eigenvalue weighted by Crippen LogP contribution is 2.26. The SMILES string of the molecule is COCCN(C)CC1CN(C(=O)c2ccc(C)c(C)c2)CC1CO. The third kappa shape index (κ3) is 4.56. The van der Waals surface area contributed by atoms with Gasteiger partial charge in [0, 0.05) is 51.4 Å². The molecule has 2 rings (SSSR count). The Morgan fingerprint density at radius 3 is 2.62 bits per heavy atom. The smallest absolute Gasteiger partial charge is 0.253 e.